The van der Waals surface area contributed by atoms with Gasteiger partial charge in [0.2, 0.25) is 0 Å². The molecule has 0 radical (unpaired) electrons. The number of anilines is 1. The normalized spacial score (nSPS) is 13.8. The molecule has 1 aliphatic rings. The predicted octanol–water partition coefficient (Wildman–Crippen LogP) is 7.28. The first-order chi connectivity index (χ1) is 12.2. The number of hydrogen-bond acceptors (Lipinski definition) is 2. The van der Waals surface area contributed by atoms with Gasteiger partial charge in [0, 0.05) is 27.7 Å². The number of nitrogens with zero attached hydrogens (tertiary/aromatic N) is 1. The highest BCUT2D eigenvalue weighted by Gasteiger charge is 2.16. The lowest BCUT2D eigenvalue weighted by atomic mass is 9.95. The summed E-state index contributed by atoms with van der Waals surface area (Å²) >= 11 is 12.6. The summed E-state index contributed by atoms with van der Waals surface area (Å²) in [4.78, 5) is 4.82. The van der Waals surface area contributed by atoms with E-state index in [-0.39, 0.29) is 39.4 Å². The summed E-state index contributed by atoms with van der Waals surface area (Å²) in [7, 11) is 0. The average Bonchev–Trinajstić information content (AvgIpc) is 2.64. The van der Waals surface area contributed by atoms with Gasteiger partial charge in [-0.15, -0.1) is 34.0 Å². The molecular formula is C21H24Br2Cl2N2O. The summed E-state index contributed by atoms with van der Waals surface area (Å²) in [5.41, 5.74) is 3.81. The number of hydrogen-bond donors (Lipinski definition) is 1. The molecule has 3 nitrogen and oxygen atoms in total. The molecule has 0 aliphatic heterocycles. The molecule has 1 heterocycles. The second-order valence-electron chi connectivity index (χ2n) is 6.68. The van der Waals surface area contributed by atoms with Crippen LogP contribution >= 0.6 is 57.2 Å². The van der Waals surface area contributed by atoms with Gasteiger partial charge in [0.25, 0.3) is 0 Å². The van der Waals surface area contributed by atoms with Crippen LogP contribution in [0.5, 0.6) is 0 Å². The van der Waals surface area contributed by atoms with Crippen molar-refractivity contribution in [2.45, 2.75) is 38.1 Å². The molecule has 1 aliphatic carbocycles. The number of fused-ring (bicyclic) bond motifs is 1. The lowest BCUT2D eigenvalue weighted by Crippen LogP contribution is -2.22. The van der Waals surface area contributed by atoms with Crippen LogP contribution in [-0.4, -0.2) is 16.5 Å². The summed E-state index contributed by atoms with van der Waals surface area (Å²) in [6.45, 7) is 0. The van der Waals surface area contributed by atoms with Crippen LogP contribution in [0.1, 0.15) is 32.1 Å². The molecule has 1 aromatic heterocycles. The van der Waals surface area contributed by atoms with E-state index in [1.54, 1.807) is 6.07 Å². The van der Waals surface area contributed by atoms with E-state index in [1.807, 2.05) is 24.3 Å². The zero-order chi connectivity index (χ0) is 17.2. The largest absolute Gasteiger partial charge is 0.412 e. The number of halogens is 4. The number of para-hydroxylation sites is 1. The maximum absolute atomic E-state index is 6.41. The standard InChI is InChI=1S/C21H20Cl2N2.2BrH.H2O/c22-14-10-11-18(23)17(12-14)21-13-20(24-15-6-2-1-3-7-15)16-8-4-5-9-19(16)25-21;;;/h4-5,8-13,15H,1-3,6-7H2,(H,24,25);2*1H;1H2. The van der Waals surface area contributed by atoms with Crippen LogP contribution < -0.4 is 5.32 Å². The number of nitrogens with one attached hydrogen (secondary N) is 1. The molecular weight excluding hydrogens is 527 g/mol. The van der Waals surface area contributed by atoms with E-state index in [0.717, 1.165) is 27.8 Å². The number of pyridine rings is 1. The minimum atomic E-state index is 0. The van der Waals surface area contributed by atoms with E-state index in [2.05, 4.69) is 23.5 Å². The van der Waals surface area contributed by atoms with E-state index in [1.165, 1.54) is 32.1 Å². The molecule has 1 saturated carbocycles. The zero-order valence-corrected chi connectivity index (χ0v) is 20.2. The Morgan fingerprint density at radius 3 is 2.36 bits per heavy atom. The third-order valence-electron chi connectivity index (χ3n) is 4.89. The third-order valence-corrected chi connectivity index (χ3v) is 5.45. The van der Waals surface area contributed by atoms with Gasteiger partial charge in [-0.05, 0) is 43.2 Å². The van der Waals surface area contributed by atoms with E-state index in [4.69, 9.17) is 28.2 Å². The minimum Gasteiger partial charge on any atom is -0.412 e. The third kappa shape index (κ3) is 5.61. The fraction of sp³-hybridized carbons (Fsp3) is 0.286. The molecule has 4 rings (SSSR count). The minimum absolute atomic E-state index is 0. The Labute approximate surface area is 196 Å². The van der Waals surface area contributed by atoms with Gasteiger partial charge in [-0.2, -0.15) is 0 Å². The van der Waals surface area contributed by atoms with Gasteiger partial charge in [0.1, 0.15) is 0 Å². The topological polar surface area (TPSA) is 56.4 Å². The molecule has 2 aromatic carbocycles. The molecule has 0 unspecified atom stereocenters. The molecule has 28 heavy (non-hydrogen) atoms. The SMILES string of the molecule is Br.Br.Clc1ccc(Cl)c(-c2cc(NC3CCCCC3)c3ccccc3n2)c1.O. The maximum Gasteiger partial charge on any atom is 0.0745 e. The van der Waals surface area contributed by atoms with Crippen molar-refractivity contribution in [2.75, 3.05) is 5.32 Å². The Hall–Kier alpha value is -0.850. The van der Waals surface area contributed by atoms with Crippen LogP contribution in [0.2, 0.25) is 10.0 Å². The summed E-state index contributed by atoms with van der Waals surface area (Å²) in [5, 5.41) is 6.23. The van der Waals surface area contributed by atoms with Crippen molar-refractivity contribution >= 4 is 73.8 Å². The molecule has 0 spiro atoms. The molecule has 0 amide bonds. The second kappa shape index (κ2) is 11.4. The molecule has 3 aromatic rings. The van der Waals surface area contributed by atoms with Gasteiger partial charge in [0.05, 0.1) is 16.2 Å². The van der Waals surface area contributed by atoms with Gasteiger partial charge < -0.3 is 10.8 Å². The highest BCUT2D eigenvalue weighted by atomic mass is 79.9. The summed E-state index contributed by atoms with van der Waals surface area (Å²) in [6, 6.07) is 16.4. The fourth-order valence-corrected chi connectivity index (χ4v) is 3.98. The van der Waals surface area contributed by atoms with Gasteiger partial charge in [-0.3, -0.25) is 0 Å². The van der Waals surface area contributed by atoms with Crippen LogP contribution in [0.4, 0.5) is 5.69 Å². The molecule has 3 N–H and O–H groups in total. The first kappa shape index (κ1) is 25.2. The predicted molar refractivity (Wildman–Crippen MR) is 132 cm³/mol. The van der Waals surface area contributed by atoms with Crippen LogP contribution in [0, 0.1) is 0 Å². The highest BCUT2D eigenvalue weighted by Crippen LogP contribution is 2.34. The molecule has 0 saturated heterocycles. The molecule has 152 valence electrons. The number of rotatable bonds is 3. The Balaban J connectivity index is 0.00000131. The molecule has 0 bridgehead atoms. The smallest absolute Gasteiger partial charge is 0.0745 e. The highest BCUT2D eigenvalue weighted by molar-refractivity contribution is 8.93. The maximum atomic E-state index is 6.41. The quantitative estimate of drug-likeness (QED) is 0.372. The van der Waals surface area contributed by atoms with Crippen LogP contribution in [-0.2, 0) is 0 Å². The van der Waals surface area contributed by atoms with Crippen molar-refractivity contribution in [2.24, 2.45) is 0 Å². The number of aromatic nitrogens is 1. The Morgan fingerprint density at radius 1 is 0.893 bits per heavy atom. The van der Waals surface area contributed by atoms with Crippen LogP contribution in [0.3, 0.4) is 0 Å². The lowest BCUT2D eigenvalue weighted by Gasteiger charge is -2.25. The van der Waals surface area contributed by atoms with Crippen LogP contribution in [0.25, 0.3) is 22.2 Å². The lowest BCUT2D eigenvalue weighted by molar-refractivity contribution is 0.463. The van der Waals surface area contributed by atoms with Gasteiger partial charge >= 0.3 is 0 Å². The fourth-order valence-electron chi connectivity index (χ4n) is 3.59. The van der Waals surface area contributed by atoms with Crippen LogP contribution in [0.15, 0.2) is 48.5 Å². The molecule has 7 heteroatoms. The Kier molecular flexibility index (Phi) is 10.2. The van der Waals surface area contributed by atoms with Crippen molar-refractivity contribution in [3.8, 4) is 11.3 Å². The van der Waals surface area contributed by atoms with E-state index >= 15 is 0 Å². The van der Waals surface area contributed by atoms with Gasteiger partial charge in [-0.25, -0.2) is 4.98 Å². The number of benzene rings is 2. The van der Waals surface area contributed by atoms with Crippen molar-refractivity contribution in [3.63, 3.8) is 0 Å². The van der Waals surface area contributed by atoms with Crippen molar-refractivity contribution < 1.29 is 5.48 Å². The van der Waals surface area contributed by atoms with E-state index in [0.29, 0.717) is 16.1 Å². The van der Waals surface area contributed by atoms with Crippen molar-refractivity contribution in [1.82, 2.24) is 4.98 Å². The van der Waals surface area contributed by atoms with E-state index in [9.17, 15) is 0 Å². The monoisotopic (exact) mass is 548 g/mol. The average molecular weight is 551 g/mol. The van der Waals surface area contributed by atoms with Crippen molar-refractivity contribution in [3.05, 3.63) is 58.6 Å². The summed E-state index contributed by atoms with van der Waals surface area (Å²) in [6.07, 6.45) is 6.40. The second-order valence-corrected chi connectivity index (χ2v) is 7.52. The summed E-state index contributed by atoms with van der Waals surface area (Å²) in [5.74, 6) is 0. The van der Waals surface area contributed by atoms with Gasteiger partial charge in [-0.1, -0.05) is 60.7 Å². The Bertz CT molecular complexity index is 918. The Morgan fingerprint density at radius 2 is 1.61 bits per heavy atom. The molecule has 1 fully saturated rings. The first-order valence-corrected chi connectivity index (χ1v) is 9.58. The summed E-state index contributed by atoms with van der Waals surface area (Å²) < 4.78 is 0. The van der Waals surface area contributed by atoms with E-state index < -0.39 is 0 Å². The van der Waals surface area contributed by atoms with Crippen molar-refractivity contribution in [1.29, 1.82) is 0 Å². The van der Waals surface area contributed by atoms with Gasteiger partial charge in [0.15, 0.2) is 0 Å². The zero-order valence-electron chi connectivity index (χ0n) is 15.3. The first-order valence-electron chi connectivity index (χ1n) is 8.82. The molecule has 0 atom stereocenters.